The molecule has 1 rings (SSSR count). The maximum Gasteiger partial charge on any atom is 0.225 e. The van der Waals surface area contributed by atoms with Gasteiger partial charge < -0.3 is 15.8 Å². The van der Waals surface area contributed by atoms with E-state index in [0.717, 1.165) is 25.2 Å². The van der Waals surface area contributed by atoms with Gasteiger partial charge in [-0.05, 0) is 18.8 Å². The third-order valence-corrected chi connectivity index (χ3v) is 2.22. The van der Waals surface area contributed by atoms with E-state index in [-0.39, 0.29) is 5.95 Å². The summed E-state index contributed by atoms with van der Waals surface area (Å²) in [6, 6.07) is 1.78. The summed E-state index contributed by atoms with van der Waals surface area (Å²) in [4.78, 5) is 8.13. The van der Waals surface area contributed by atoms with Crippen molar-refractivity contribution in [2.45, 2.75) is 33.6 Å². The van der Waals surface area contributed by atoms with Gasteiger partial charge in [0.05, 0.1) is 6.61 Å². The summed E-state index contributed by atoms with van der Waals surface area (Å²) in [7, 11) is 0. The summed E-state index contributed by atoms with van der Waals surface area (Å²) >= 11 is 0. The normalized spacial score (nSPS) is 10.6. The highest BCUT2D eigenvalue weighted by atomic mass is 16.5. The molecule has 0 fully saturated rings. The summed E-state index contributed by atoms with van der Waals surface area (Å²) < 4.78 is 5.55. The van der Waals surface area contributed by atoms with E-state index in [1.165, 1.54) is 0 Å². The van der Waals surface area contributed by atoms with Gasteiger partial charge in [-0.1, -0.05) is 20.8 Å². The summed E-state index contributed by atoms with van der Waals surface area (Å²) in [5.74, 6) is 2.12. The topological polar surface area (TPSA) is 73.1 Å². The Balaban J connectivity index is 2.55. The molecule has 0 atom stereocenters. The minimum absolute atomic E-state index is 0.241. The third kappa shape index (κ3) is 5.38. The van der Waals surface area contributed by atoms with Crippen LogP contribution in [-0.4, -0.2) is 23.1 Å². The van der Waals surface area contributed by atoms with Gasteiger partial charge in [0.1, 0.15) is 5.82 Å². The van der Waals surface area contributed by atoms with Crippen LogP contribution in [0.3, 0.4) is 0 Å². The predicted molar refractivity (Wildman–Crippen MR) is 70.2 cm³/mol. The SMILES string of the molecule is CCCNc1cc(OCCC(C)C)nc(N)n1. The number of hydrogen-bond donors (Lipinski definition) is 2. The minimum atomic E-state index is 0.241. The Morgan fingerprint density at radius 1 is 1.41 bits per heavy atom. The predicted octanol–water partition coefficient (Wildman–Crippen LogP) is 2.31. The van der Waals surface area contributed by atoms with Gasteiger partial charge in [0, 0.05) is 12.6 Å². The average molecular weight is 238 g/mol. The van der Waals surface area contributed by atoms with Crippen LogP contribution in [-0.2, 0) is 0 Å². The van der Waals surface area contributed by atoms with E-state index >= 15 is 0 Å². The number of hydrogen-bond acceptors (Lipinski definition) is 5. The number of anilines is 2. The van der Waals surface area contributed by atoms with Gasteiger partial charge in [-0.2, -0.15) is 9.97 Å². The van der Waals surface area contributed by atoms with Crippen molar-refractivity contribution in [2.75, 3.05) is 24.2 Å². The number of nitrogens with zero attached hydrogens (tertiary/aromatic N) is 2. The van der Waals surface area contributed by atoms with E-state index < -0.39 is 0 Å². The van der Waals surface area contributed by atoms with Crippen LogP contribution in [0.15, 0.2) is 6.07 Å². The second-order valence-electron chi connectivity index (χ2n) is 4.41. The summed E-state index contributed by atoms with van der Waals surface area (Å²) in [5, 5.41) is 3.16. The van der Waals surface area contributed by atoms with Crippen molar-refractivity contribution in [3.8, 4) is 5.88 Å². The third-order valence-electron chi connectivity index (χ3n) is 2.22. The molecule has 0 unspecified atom stereocenters. The van der Waals surface area contributed by atoms with Gasteiger partial charge in [0.25, 0.3) is 0 Å². The van der Waals surface area contributed by atoms with Gasteiger partial charge in [-0.15, -0.1) is 0 Å². The highest BCUT2D eigenvalue weighted by Crippen LogP contribution is 2.15. The molecule has 1 aromatic heterocycles. The van der Waals surface area contributed by atoms with Crippen molar-refractivity contribution in [3.05, 3.63) is 6.07 Å². The maximum absolute atomic E-state index is 5.62. The Morgan fingerprint density at radius 2 is 2.18 bits per heavy atom. The summed E-state index contributed by atoms with van der Waals surface area (Å²) in [6.07, 6.45) is 2.04. The smallest absolute Gasteiger partial charge is 0.225 e. The van der Waals surface area contributed by atoms with E-state index in [1.807, 2.05) is 0 Å². The second-order valence-corrected chi connectivity index (χ2v) is 4.41. The molecule has 0 aliphatic rings. The molecule has 17 heavy (non-hydrogen) atoms. The second kappa shape index (κ2) is 6.93. The maximum atomic E-state index is 5.62. The molecule has 0 spiro atoms. The standard InChI is InChI=1S/C12H22N4O/c1-4-6-14-10-8-11(16-12(13)15-10)17-7-5-9(2)3/h8-9H,4-7H2,1-3H3,(H3,13,14,15,16). The summed E-state index contributed by atoms with van der Waals surface area (Å²) in [5.41, 5.74) is 5.62. The lowest BCUT2D eigenvalue weighted by molar-refractivity contribution is 0.279. The fraction of sp³-hybridized carbons (Fsp3) is 0.667. The number of nitrogen functional groups attached to an aromatic ring is 1. The summed E-state index contributed by atoms with van der Waals surface area (Å²) in [6.45, 7) is 7.93. The highest BCUT2D eigenvalue weighted by Gasteiger charge is 2.03. The van der Waals surface area contributed by atoms with Crippen LogP contribution < -0.4 is 15.8 Å². The van der Waals surface area contributed by atoms with Crippen molar-refractivity contribution >= 4 is 11.8 Å². The van der Waals surface area contributed by atoms with E-state index in [1.54, 1.807) is 6.07 Å². The molecular weight excluding hydrogens is 216 g/mol. The molecule has 0 saturated carbocycles. The zero-order valence-corrected chi connectivity index (χ0v) is 10.9. The first-order chi connectivity index (χ1) is 8.11. The van der Waals surface area contributed by atoms with E-state index in [9.17, 15) is 0 Å². The van der Waals surface area contributed by atoms with Crippen LogP contribution >= 0.6 is 0 Å². The molecule has 0 aliphatic carbocycles. The number of nitrogens with one attached hydrogen (secondary N) is 1. The zero-order chi connectivity index (χ0) is 12.7. The molecule has 0 aromatic carbocycles. The largest absolute Gasteiger partial charge is 0.477 e. The number of aromatic nitrogens is 2. The fourth-order valence-electron chi connectivity index (χ4n) is 1.26. The lowest BCUT2D eigenvalue weighted by Crippen LogP contribution is -2.08. The quantitative estimate of drug-likeness (QED) is 0.762. The van der Waals surface area contributed by atoms with E-state index in [4.69, 9.17) is 10.5 Å². The number of ether oxygens (including phenoxy) is 1. The van der Waals surface area contributed by atoms with E-state index in [0.29, 0.717) is 18.4 Å². The van der Waals surface area contributed by atoms with Crippen molar-refractivity contribution < 1.29 is 4.74 Å². The van der Waals surface area contributed by atoms with Crippen molar-refractivity contribution in [3.63, 3.8) is 0 Å². The molecule has 5 heteroatoms. The van der Waals surface area contributed by atoms with Crippen LogP contribution in [0, 0.1) is 5.92 Å². The molecule has 0 amide bonds. The zero-order valence-electron chi connectivity index (χ0n) is 10.9. The minimum Gasteiger partial charge on any atom is -0.477 e. The van der Waals surface area contributed by atoms with Crippen LogP contribution in [0.5, 0.6) is 5.88 Å². The van der Waals surface area contributed by atoms with Crippen molar-refractivity contribution in [2.24, 2.45) is 5.92 Å². The van der Waals surface area contributed by atoms with Gasteiger partial charge in [0.15, 0.2) is 0 Å². The molecule has 5 nitrogen and oxygen atoms in total. The van der Waals surface area contributed by atoms with Crippen LogP contribution in [0.25, 0.3) is 0 Å². The molecule has 3 N–H and O–H groups in total. The van der Waals surface area contributed by atoms with Gasteiger partial charge in [-0.3, -0.25) is 0 Å². The molecule has 0 aliphatic heterocycles. The Bertz CT molecular complexity index is 341. The lowest BCUT2D eigenvalue weighted by Gasteiger charge is -2.09. The molecule has 0 bridgehead atoms. The first-order valence-corrected chi connectivity index (χ1v) is 6.13. The van der Waals surface area contributed by atoms with Gasteiger partial charge in [-0.25, -0.2) is 0 Å². The fourth-order valence-corrected chi connectivity index (χ4v) is 1.26. The first kappa shape index (κ1) is 13.5. The molecule has 1 heterocycles. The van der Waals surface area contributed by atoms with Crippen LogP contribution in [0.2, 0.25) is 0 Å². The Kier molecular flexibility index (Phi) is 5.52. The molecular formula is C12H22N4O. The Hall–Kier alpha value is -1.52. The van der Waals surface area contributed by atoms with Gasteiger partial charge >= 0.3 is 0 Å². The molecule has 1 aromatic rings. The van der Waals surface area contributed by atoms with E-state index in [2.05, 4.69) is 36.1 Å². The van der Waals surface area contributed by atoms with Crippen molar-refractivity contribution in [1.29, 1.82) is 0 Å². The molecule has 0 saturated heterocycles. The average Bonchev–Trinajstić information content (AvgIpc) is 2.25. The number of rotatable bonds is 7. The van der Waals surface area contributed by atoms with Crippen LogP contribution in [0.1, 0.15) is 33.6 Å². The van der Waals surface area contributed by atoms with Crippen LogP contribution in [0.4, 0.5) is 11.8 Å². The highest BCUT2D eigenvalue weighted by molar-refractivity contribution is 5.42. The van der Waals surface area contributed by atoms with Crippen molar-refractivity contribution in [1.82, 2.24) is 9.97 Å². The molecule has 96 valence electrons. The Morgan fingerprint density at radius 3 is 2.82 bits per heavy atom. The molecule has 0 radical (unpaired) electrons. The monoisotopic (exact) mass is 238 g/mol. The van der Waals surface area contributed by atoms with Gasteiger partial charge in [0.2, 0.25) is 11.8 Å². The Labute approximate surface area is 103 Å². The lowest BCUT2D eigenvalue weighted by atomic mass is 10.1. The number of nitrogens with two attached hydrogens (primary N) is 1. The first-order valence-electron chi connectivity index (χ1n) is 6.13.